The molecule has 0 atom stereocenters. The fourth-order valence-corrected chi connectivity index (χ4v) is 2.37. The van der Waals surface area contributed by atoms with Crippen molar-refractivity contribution in [2.45, 2.75) is 20.4 Å². The van der Waals surface area contributed by atoms with Gasteiger partial charge in [-0.3, -0.25) is 4.98 Å². The molecule has 0 saturated carbocycles. The molecule has 5 nitrogen and oxygen atoms in total. The van der Waals surface area contributed by atoms with E-state index in [1.54, 1.807) is 18.6 Å². The Morgan fingerprint density at radius 1 is 1.18 bits per heavy atom. The van der Waals surface area contributed by atoms with E-state index in [4.69, 9.17) is 11.6 Å². The third-order valence-corrected chi connectivity index (χ3v) is 3.62. The van der Waals surface area contributed by atoms with Crippen molar-refractivity contribution in [2.24, 2.45) is 0 Å². The lowest BCUT2D eigenvalue weighted by atomic mass is 10.2. The van der Waals surface area contributed by atoms with Gasteiger partial charge in [-0.05, 0) is 32.0 Å². The molecular formula is C16H16ClN5. The summed E-state index contributed by atoms with van der Waals surface area (Å²) in [4.78, 5) is 13.0. The third-order valence-electron chi connectivity index (χ3n) is 3.33. The van der Waals surface area contributed by atoms with Crippen LogP contribution in [0.15, 0.2) is 43.0 Å². The van der Waals surface area contributed by atoms with Gasteiger partial charge in [-0.25, -0.2) is 9.97 Å². The standard InChI is InChI=1S/C16H16ClN5/c1-3-22-7-6-18-16(22)12-8-14(17)15(20-9-12)21-13-5-4-11(2)19-10-13/h4-10H,3H2,1-2H3,(H,20,21). The highest BCUT2D eigenvalue weighted by Gasteiger charge is 2.09. The Balaban J connectivity index is 1.87. The van der Waals surface area contributed by atoms with Gasteiger partial charge in [-0.1, -0.05) is 11.6 Å². The summed E-state index contributed by atoms with van der Waals surface area (Å²) in [6.45, 7) is 4.86. The second-order valence-electron chi connectivity index (χ2n) is 4.90. The van der Waals surface area contributed by atoms with Crippen molar-refractivity contribution < 1.29 is 0 Å². The maximum Gasteiger partial charge on any atom is 0.149 e. The van der Waals surface area contributed by atoms with Crippen molar-refractivity contribution in [3.05, 3.63) is 53.7 Å². The first kappa shape index (κ1) is 14.5. The summed E-state index contributed by atoms with van der Waals surface area (Å²) in [5, 5.41) is 3.71. The summed E-state index contributed by atoms with van der Waals surface area (Å²) >= 11 is 6.34. The summed E-state index contributed by atoms with van der Waals surface area (Å²) in [6.07, 6.45) is 7.24. The highest BCUT2D eigenvalue weighted by molar-refractivity contribution is 6.33. The Bertz CT molecular complexity index is 779. The van der Waals surface area contributed by atoms with Crippen LogP contribution in [0.4, 0.5) is 11.5 Å². The van der Waals surface area contributed by atoms with Crippen molar-refractivity contribution >= 4 is 23.1 Å². The van der Waals surface area contributed by atoms with Crippen molar-refractivity contribution in [1.82, 2.24) is 19.5 Å². The SMILES string of the molecule is CCn1ccnc1-c1cnc(Nc2ccc(C)nc2)c(Cl)c1. The maximum atomic E-state index is 6.34. The van der Waals surface area contributed by atoms with Gasteiger partial charge in [0.25, 0.3) is 0 Å². The molecule has 0 radical (unpaired) electrons. The summed E-state index contributed by atoms with van der Waals surface area (Å²) in [5.74, 6) is 1.46. The van der Waals surface area contributed by atoms with Crippen LogP contribution >= 0.6 is 11.6 Å². The molecule has 3 aromatic rings. The average Bonchev–Trinajstić information content (AvgIpc) is 3.00. The van der Waals surface area contributed by atoms with Gasteiger partial charge >= 0.3 is 0 Å². The van der Waals surface area contributed by atoms with E-state index in [9.17, 15) is 0 Å². The van der Waals surface area contributed by atoms with Crippen molar-refractivity contribution in [3.8, 4) is 11.4 Å². The first-order valence-electron chi connectivity index (χ1n) is 7.04. The van der Waals surface area contributed by atoms with Gasteiger partial charge in [0.1, 0.15) is 11.6 Å². The summed E-state index contributed by atoms with van der Waals surface area (Å²) in [6, 6.07) is 5.74. The Morgan fingerprint density at radius 3 is 2.73 bits per heavy atom. The van der Waals surface area contributed by atoms with Gasteiger partial charge in [0.05, 0.1) is 16.9 Å². The number of nitrogens with zero attached hydrogens (tertiary/aromatic N) is 4. The molecule has 22 heavy (non-hydrogen) atoms. The number of anilines is 2. The van der Waals surface area contributed by atoms with Crippen LogP contribution in [0.5, 0.6) is 0 Å². The molecule has 0 unspecified atom stereocenters. The number of pyridine rings is 2. The molecule has 0 aromatic carbocycles. The minimum Gasteiger partial charge on any atom is -0.338 e. The van der Waals surface area contributed by atoms with E-state index in [0.29, 0.717) is 10.8 Å². The number of hydrogen-bond acceptors (Lipinski definition) is 4. The van der Waals surface area contributed by atoms with Crippen molar-refractivity contribution in [2.75, 3.05) is 5.32 Å². The molecule has 112 valence electrons. The minimum atomic E-state index is 0.545. The molecule has 3 rings (SSSR count). The molecule has 1 N–H and O–H groups in total. The Kier molecular flexibility index (Phi) is 4.06. The lowest BCUT2D eigenvalue weighted by molar-refractivity contribution is 0.770. The highest BCUT2D eigenvalue weighted by Crippen LogP contribution is 2.27. The molecule has 0 aliphatic heterocycles. The van der Waals surface area contributed by atoms with Crippen LogP contribution in [0.25, 0.3) is 11.4 Å². The van der Waals surface area contributed by atoms with E-state index in [2.05, 4.69) is 27.2 Å². The number of nitrogens with one attached hydrogen (secondary N) is 1. The largest absolute Gasteiger partial charge is 0.338 e. The van der Waals surface area contributed by atoms with Gasteiger partial charge in [-0.15, -0.1) is 0 Å². The van der Waals surface area contributed by atoms with Gasteiger partial charge in [0.2, 0.25) is 0 Å². The van der Waals surface area contributed by atoms with Crippen LogP contribution in [0, 0.1) is 6.92 Å². The molecular weight excluding hydrogens is 298 g/mol. The van der Waals surface area contributed by atoms with Crippen LogP contribution < -0.4 is 5.32 Å². The molecule has 3 heterocycles. The van der Waals surface area contributed by atoms with Gasteiger partial charge in [0.15, 0.2) is 0 Å². The maximum absolute atomic E-state index is 6.34. The monoisotopic (exact) mass is 313 g/mol. The molecule has 3 aromatic heterocycles. The predicted molar refractivity (Wildman–Crippen MR) is 88.4 cm³/mol. The second kappa shape index (κ2) is 6.15. The van der Waals surface area contributed by atoms with E-state index in [0.717, 1.165) is 29.3 Å². The van der Waals surface area contributed by atoms with E-state index >= 15 is 0 Å². The minimum absolute atomic E-state index is 0.545. The summed E-state index contributed by atoms with van der Waals surface area (Å²) < 4.78 is 2.05. The van der Waals surface area contributed by atoms with Crippen LogP contribution in [0.2, 0.25) is 5.02 Å². The molecule has 0 aliphatic rings. The summed E-state index contributed by atoms with van der Waals surface area (Å²) in [7, 11) is 0. The third kappa shape index (κ3) is 2.94. The first-order valence-corrected chi connectivity index (χ1v) is 7.42. The zero-order chi connectivity index (χ0) is 15.5. The lowest BCUT2D eigenvalue weighted by Crippen LogP contribution is -1.99. The zero-order valence-electron chi connectivity index (χ0n) is 12.4. The van der Waals surface area contributed by atoms with Crippen molar-refractivity contribution in [1.29, 1.82) is 0 Å². The molecule has 0 saturated heterocycles. The van der Waals surface area contributed by atoms with Crippen LogP contribution in [-0.4, -0.2) is 19.5 Å². The summed E-state index contributed by atoms with van der Waals surface area (Å²) in [5.41, 5.74) is 2.71. The van der Waals surface area contributed by atoms with E-state index in [-0.39, 0.29) is 0 Å². The van der Waals surface area contributed by atoms with Crippen molar-refractivity contribution in [3.63, 3.8) is 0 Å². The Hall–Kier alpha value is -2.40. The smallest absolute Gasteiger partial charge is 0.149 e. The zero-order valence-corrected chi connectivity index (χ0v) is 13.2. The molecule has 0 aliphatic carbocycles. The van der Waals surface area contributed by atoms with Crippen LogP contribution in [0.1, 0.15) is 12.6 Å². The Morgan fingerprint density at radius 2 is 2.05 bits per heavy atom. The molecule has 0 spiro atoms. The number of aromatic nitrogens is 4. The van der Waals surface area contributed by atoms with Gasteiger partial charge in [0, 0.05) is 36.4 Å². The normalized spacial score (nSPS) is 10.7. The number of imidazole rings is 1. The molecule has 0 amide bonds. The lowest BCUT2D eigenvalue weighted by Gasteiger charge is -2.09. The topological polar surface area (TPSA) is 55.6 Å². The molecule has 0 fully saturated rings. The fourth-order valence-electron chi connectivity index (χ4n) is 2.16. The van der Waals surface area contributed by atoms with Crippen LogP contribution in [-0.2, 0) is 6.54 Å². The number of rotatable bonds is 4. The fraction of sp³-hybridized carbons (Fsp3) is 0.188. The quantitative estimate of drug-likeness (QED) is 0.789. The van der Waals surface area contributed by atoms with E-state index in [1.165, 1.54) is 0 Å². The van der Waals surface area contributed by atoms with Gasteiger partial charge < -0.3 is 9.88 Å². The average molecular weight is 314 g/mol. The van der Waals surface area contributed by atoms with E-state index < -0.39 is 0 Å². The Labute approximate surface area is 134 Å². The first-order chi connectivity index (χ1) is 10.7. The number of hydrogen-bond donors (Lipinski definition) is 1. The second-order valence-corrected chi connectivity index (χ2v) is 5.31. The van der Waals surface area contributed by atoms with E-state index in [1.807, 2.05) is 35.9 Å². The van der Waals surface area contributed by atoms with Gasteiger partial charge in [-0.2, -0.15) is 0 Å². The predicted octanol–water partition coefficient (Wildman–Crippen LogP) is 4.07. The van der Waals surface area contributed by atoms with Crippen LogP contribution in [0.3, 0.4) is 0 Å². The number of aryl methyl sites for hydroxylation is 2. The molecule has 0 bridgehead atoms. The highest BCUT2D eigenvalue weighted by atomic mass is 35.5. The number of halogens is 1. The molecule has 6 heteroatoms.